The summed E-state index contributed by atoms with van der Waals surface area (Å²) in [5, 5.41) is 7.14. The molecular weight excluding hydrogens is 216 g/mol. The quantitative estimate of drug-likeness (QED) is 0.818. The summed E-state index contributed by atoms with van der Waals surface area (Å²) in [5.41, 5.74) is 7.47. The van der Waals surface area contributed by atoms with Crippen molar-refractivity contribution < 1.29 is 4.79 Å². The second-order valence-corrected chi connectivity index (χ2v) is 4.34. The summed E-state index contributed by atoms with van der Waals surface area (Å²) < 4.78 is 1.54. The first-order chi connectivity index (χ1) is 8.01. The summed E-state index contributed by atoms with van der Waals surface area (Å²) in [7, 11) is 1.74. The third-order valence-corrected chi connectivity index (χ3v) is 2.95. The van der Waals surface area contributed by atoms with Crippen LogP contribution in [0.2, 0.25) is 0 Å². The van der Waals surface area contributed by atoms with E-state index in [9.17, 15) is 4.79 Å². The van der Waals surface area contributed by atoms with Crippen molar-refractivity contribution in [1.29, 1.82) is 0 Å². The van der Waals surface area contributed by atoms with E-state index in [0.29, 0.717) is 17.1 Å². The van der Waals surface area contributed by atoms with Crippen LogP contribution in [0.15, 0.2) is 0 Å². The van der Waals surface area contributed by atoms with Gasteiger partial charge in [0.2, 0.25) is 0 Å². The Kier molecular flexibility index (Phi) is 4.54. The Morgan fingerprint density at radius 1 is 1.53 bits per heavy atom. The number of nitrogens with zero attached hydrogens (tertiary/aromatic N) is 2. The lowest BCUT2D eigenvalue weighted by molar-refractivity contribution is 0.0925. The number of anilines is 1. The number of nitrogen functional groups attached to an aromatic ring is 1. The van der Waals surface area contributed by atoms with Gasteiger partial charge in [-0.25, -0.2) is 0 Å². The highest BCUT2D eigenvalue weighted by Gasteiger charge is 2.19. The van der Waals surface area contributed by atoms with Crippen molar-refractivity contribution in [2.75, 3.05) is 5.73 Å². The van der Waals surface area contributed by atoms with Gasteiger partial charge in [0.25, 0.3) is 5.91 Å². The second kappa shape index (κ2) is 5.70. The zero-order chi connectivity index (χ0) is 13.0. The minimum absolute atomic E-state index is 0.133. The molecule has 0 aromatic carbocycles. The van der Waals surface area contributed by atoms with Crippen molar-refractivity contribution in [3.05, 3.63) is 11.4 Å². The van der Waals surface area contributed by atoms with Gasteiger partial charge in [-0.2, -0.15) is 5.10 Å². The molecule has 0 aliphatic rings. The maximum atomic E-state index is 12.1. The highest BCUT2D eigenvalue weighted by Crippen LogP contribution is 2.15. The first-order valence-electron chi connectivity index (χ1n) is 6.11. The average Bonchev–Trinajstić information content (AvgIpc) is 2.52. The molecule has 5 nitrogen and oxygen atoms in total. The number of nitrogens with two attached hydrogens (primary N) is 1. The fraction of sp³-hybridized carbons (Fsp3) is 0.667. The van der Waals surface area contributed by atoms with Crippen molar-refractivity contribution in [3.8, 4) is 0 Å². The Balaban J connectivity index is 2.82. The Morgan fingerprint density at radius 3 is 2.59 bits per heavy atom. The largest absolute Gasteiger partial charge is 0.395 e. The van der Waals surface area contributed by atoms with Gasteiger partial charge in [0.05, 0.1) is 11.4 Å². The molecule has 1 unspecified atom stereocenters. The molecule has 3 N–H and O–H groups in total. The van der Waals surface area contributed by atoms with Crippen LogP contribution in [0.25, 0.3) is 0 Å². The minimum atomic E-state index is -0.133. The highest BCUT2D eigenvalue weighted by atomic mass is 16.2. The maximum absolute atomic E-state index is 12.1. The number of hydrogen-bond acceptors (Lipinski definition) is 3. The van der Waals surface area contributed by atoms with Gasteiger partial charge in [-0.3, -0.25) is 9.48 Å². The fourth-order valence-corrected chi connectivity index (χ4v) is 1.92. The van der Waals surface area contributed by atoms with E-state index in [0.717, 1.165) is 19.3 Å². The van der Waals surface area contributed by atoms with Crippen molar-refractivity contribution in [2.24, 2.45) is 7.05 Å². The molecular formula is C12H22N4O. The second-order valence-electron chi connectivity index (χ2n) is 4.34. The Hall–Kier alpha value is -1.52. The van der Waals surface area contributed by atoms with Crippen LogP contribution in [0.3, 0.4) is 0 Å². The number of amides is 1. The summed E-state index contributed by atoms with van der Waals surface area (Å²) in [6.45, 7) is 5.98. The molecule has 1 aromatic rings. The lowest BCUT2D eigenvalue weighted by Gasteiger charge is -2.16. The lowest BCUT2D eigenvalue weighted by Crippen LogP contribution is -2.35. The maximum Gasteiger partial charge on any atom is 0.271 e. The van der Waals surface area contributed by atoms with E-state index in [1.165, 1.54) is 0 Å². The van der Waals surface area contributed by atoms with Crippen molar-refractivity contribution in [1.82, 2.24) is 15.1 Å². The number of hydrogen-bond donors (Lipinski definition) is 2. The van der Waals surface area contributed by atoms with Crippen LogP contribution in [-0.4, -0.2) is 21.7 Å². The van der Waals surface area contributed by atoms with Crippen LogP contribution >= 0.6 is 0 Å². The molecule has 17 heavy (non-hydrogen) atoms. The molecule has 0 saturated heterocycles. The molecule has 0 spiro atoms. The SMILES string of the molecule is CCCC(CC)NC(=O)c1c(N)c(C)nn1C. The first kappa shape index (κ1) is 13.5. The smallest absolute Gasteiger partial charge is 0.271 e. The van der Waals surface area contributed by atoms with Crippen LogP contribution in [0.1, 0.15) is 49.3 Å². The number of carbonyl (C=O) groups is 1. The normalized spacial score (nSPS) is 12.5. The van der Waals surface area contributed by atoms with Crippen LogP contribution in [0, 0.1) is 6.92 Å². The van der Waals surface area contributed by atoms with E-state index in [1.807, 2.05) is 0 Å². The summed E-state index contributed by atoms with van der Waals surface area (Å²) in [4.78, 5) is 12.1. The summed E-state index contributed by atoms with van der Waals surface area (Å²) in [5.74, 6) is -0.133. The molecule has 5 heteroatoms. The van der Waals surface area contributed by atoms with Gasteiger partial charge in [-0.05, 0) is 19.8 Å². The monoisotopic (exact) mass is 238 g/mol. The molecule has 0 aliphatic heterocycles. The highest BCUT2D eigenvalue weighted by molar-refractivity contribution is 5.98. The molecule has 1 atom stereocenters. The van der Waals surface area contributed by atoms with Gasteiger partial charge < -0.3 is 11.1 Å². The lowest BCUT2D eigenvalue weighted by atomic mass is 10.1. The van der Waals surface area contributed by atoms with E-state index >= 15 is 0 Å². The van der Waals surface area contributed by atoms with E-state index < -0.39 is 0 Å². The average molecular weight is 238 g/mol. The molecule has 0 bridgehead atoms. The zero-order valence-corrected chi connectivity index (χ0v) is 11.1. The summed E-state index contributed by atoms with van der Waals surface area (Å²) >= 11 is 0. The van der Waals surface area contributed by atoms with Gasteiger partial charge in [0.15, 0.2) is 0 Å². The fourth-order valence-electron chi connectivity index (χ4n) is 1.92. The zero-order valence-electron chi connectivity index (χ0n) is 11.1. The summed E-state index contributed by atoms with van der Waals surface area (Å²) in [6.07, 6.45) is 2.97. The summed E-state index contributed by atoms with van der Waals surface area (Å²) in [6, 6.07) is 0.210. The number of aromatic nitrogens is 2. The topological polar surface area (TPSA) is 72.9 Å². The van der Waals surface area contributed by atoms with Crippen molar-refractivity contribution >= 4 is 11.6 Å². The van der Waals surface area contributed by atoms with Gasteiger partial charge >= 0.3 is 0 Å². The number of aryl methyl sites for hydroxylation is 2. The van der Waals surface area contributed by atoms with Crippen molar-refractivity contribution in [2.45, 2.75) is 46.1 Å². The molecule has 0 aliphatic carbocycles. The van der Waals surface area contributed by atoms with E-state index in [2.05, 4.69) is 24.3 Å². The molecule has 1 heterocycles. The molecule has 0 saturated carbocycles. The number of rotatable bonds is 5. The van der Waals surface area contributed by atoms with Gasteiger partial charge in [0, 0.05) is 13.1 Å². The minimum Gasteiger partial charge on any atom is -0.395 e. The molecule has 96 valence electrons. The predicted molar refractivity (Wildman–Crippen MR) is 68.8 cm³/mol. The van der Waals surface area contributed by atoms with Crippen LogP contribution < -0.4 is 11.1 Å². The number of carbonyl (C=O) groups excluding carboxylic acids is 1. The molecule has 0 fully saturated rings. The van der Waals surface area contributed by atoms with Crippen molar-refractivity contribution in [3.63, 3.8) is 0 Å². The standard InChI is InChI=1S/C12H22N4O/c1-5-7-9(6-2)14-12(17)11-10(13)8(3)15-16(11)4/h9H,5-7,13H2,1-4H3,(H,14,17). The van der Waals surface area contributed by atoms with Gasteiger partial charge in [0.1, 0.15) is 5.69 Å². The van der Waals surface area contributed by atoms with Crippen LogP contribution in [0.5, 0.6) is 0 Å². The Labute approximate surface area is 102 Å². The third-order valence-electron chi connectivity index (χ3n) is 2.95. The predicted octanol–water partition coefficient (Wildman–Crippen LogP) is 1.62. The van der Waals surface area contributed by atoms with Crippen LogP contribution in [-0.2, 0) is 7.05 Å². The first-order valence-corrected chi connectivity index (χ1v) is 6.11. The van der Waals surface area contributed by atoms with E-state index in [1.54, 1.807) is 18.7 Å². The molecule has 1 amide bonds. The molecule has 0 radical (unpaired) electrons. The number of nitrogens with one attached hydrogen (secondary N) is 1. The third kappa shape index (κ3) is 2.99. The molecule has 1 rings (SSSR count). The Bertz CT molecular complexity index is 397. The molecule has 1 aromatic heterocycles. The van der Waals surface area contributed by atoms with E-state index in [-0.39, 0.29) is 11.9 Å². The van der Waals surface area contributed by atoms with Crippen LogP contribution in [0.4, 0.5) is 5.69 Å². The van der Waals surface area contributed by atoms with Gasteiger partial charge in [-0.1, -0.05) is 20.3 Å². The van der Waals surface area contributed by atoms with E-state index in [4.69, 9.17) is 5.73 Å². The van der Waals surface area contributed by atoms with Gasteiger partial charge in [-0.15, -0.1) is 0 Å². The Morgan fingerprint density at radius 2 is 2.18 bits per heavy atom.